The SMILES string of the molecule is Cc1ccc(C2(c3ccc(N4CCc5c(nc(N6CCC6)nc5N5CCC5)C4)cc3)CCC2)cc1. The lowest BCUT2D eigenvalue weighted by atomic mass is 9.60. The minimum Gasteiger partial charge on any atom is -0.365 e. The molecule has 1 aromatic heterocycles. The Morgan fingerprint density at radius 3 is 1.91 bits per heavy atom. The van der Waals surface area contributed by atoms with Gasteiger partial charge >= 0.3 is 0 Å². The van der Waals surface area contributed by atoms with Crippen LogP contribution in [-0.4, -0.2) is 42.7 Å². The molecule has 0 N–H and O–H groups in total. The first-order valence-corrected chi connectivity index (χ1v) is 13.5. The van der Waals surface area contributed by atoms with E-state index in [-0.39, 0.29) is 5.41 Å². The summed E-state index contributed by atoms with van der Waals surface area (Å²) in [4.78, 5) is 17.4. The highest BCUT2D eigenvalue weighted by molar-refractivity contribution is 5.59. The van der Waals surface area contributed by atoms with Crippen LogP contribution in [0.5, 0.6) is 0 Å². The molecule has 3 fully saturated rings. The molecule has 2 saturated heterocycles. The van der Waals surface area contributed by atoms with E-state index in [1.165, 1.54) is 71.6 Å². The maximum absolute atomic E-state index is 5.08. The van der Waals surface area contributed by atoms with E-state index in [4.69, 9.17) is 9.97 Å². The number of fused-ring (bicyclic) bond motifs is 1. The van der Waals surface area contributed by atoms with Gasteiger partial charge in [0.25, 0.3) is 0 Å². The number of hydrogen-bond acceptors (Lipinski definition) is 5. The molecule has 0 amide bonds. The third-order valence-electron chi connectivity index (χ3n) is 8.92. The molecule has 2 aromatic carbocycles. The molecule has 35 heavy (non-hydrogen) atoms. The third kappa shape index (κ3) is 3.50. The van der Waals surface area contributed by atoms with Gasteiger partial charge in [0, 0.05) is 49.4 Å². The standard InChI is InChI=1S/C30H35N5/c1-22-5-7-23(8-6-22)30(14-2-15-30)24-9-11-25(12-10-24)35-20-13-26-27(21-35)31-29(34-18-4-19-34)32-28(26)33-16-3-17-33/h5-12H,2-4,13-21H2,1H3. The summed E-state index contributed by atoms with van der Waals surface area (Å²) in [6, 6.07) is 18.7. The van der Waals surface area contributed by atoms with E-state index in [1.54, 1.807) is 0 Å². The van der Waals surface area contributed by atoms with Crippen molar-refractivity contribution in [2.75, 3.05) is 47.4 Å². The number of hydrogen-bond donors (Lipinski definition) is 0. The molecule has 7 rings (SSSR count). The van der Waals surface area contributed by atoms with Gasteiger partial charge in [-0.25, -0.2) is 4.98 Å². The Labute approximate surface area is 208 Å². The molecule has 0 atom stereocenters. The quantitative estimate of drug-likeness (QED) is 0.515. The van der Waals surface area contributed by atoms with Gasteiger partial charge in [-0.3, -0.25) is 0 Å². The van der Waals surface area contributed by atoms with Crippen LogP contribution in [0.1, 0.15) is 60.1 Å². The van der Waals surface area contributed by atoms with Crippen molar-refractivity contribution >= 4 is 17.5 Å². The molecule has 3 aromatic rings. The van der Waals surface area contributed by atoms with Crippen molar-refractivity contribution in [3.05, 3.63) is 76.5 Å². The normalized spacial score (nSPS) is 20.5. The maximum Gasteiger partial charge on any atom is 0.227 e. The maximum atomic E-state index is 5.08. The zero-order valence-electron chi connectivity index (χ0n) is 20.8. The zero-order chi connectivity index (χ0) is 23.4. The highest BCUT2D eigenvalue weighted by Crippen LogP contribution is 2.49. The predicted molar refractivity (Wildman–Crippen MR) is 143 cm³/mol. The van der Waals surface area contributed by atoms with E-state index in [2.05, 4.69) is 70.2 Å². The first-order valence-electron chi connectivity index (χ1n) is 13.5. The van der Waals surface area contributed by atoms with Crippen LogP contribution in [0.15, 0.2) is 48.5 Å². The predicted octanol–water partition coefficient (Wildman–Crippen LogP) is 5.24. The molecule has 4 heterocycles. The minimum atomic E-state index is 0.201. The van der Waals surface area contributed by atoms with Crippen LogP contribution >= 0.6 is 0 Å². The lowest BCUT2D eigenvalue weighted by Crippen LogP contribution is -2.43. The van der Waals surface area contributed by atoms with Crippen LogP contribution in [0.2, 0.25) is 0 Å². The summed E-state index contributed by atoms with van der Waals surface area (Å²) >= 11 is 0. The van der Waals surface area contributed by atoms with E-state index in [9.17, 15) is 0 Å². The van der Waals surface area contributed by atoms with Gasteiger partial charge in [0.1, 0.15) is 5.82 Å². The van der Waals surface area contributed by atoms with Crippen molar-refractivity contribution in [1.82, 2.24) is 9.97 Å². The Kier molecular flexibility index (Phi) is 5.00. The van der Waals surface area contributed by atoms with Crippen LogP contribution in [-0.2, 0) is 18.4 Å². The van der Waals surface area contributed by atoms with E-state index >= 15 is 0 Å². The lowest BCUT2D eigenvalue weighted by molar-refractivity contribution is 0.301. The summed E-state index contributed by atoms with van der Waals surface area (Å²) in [6.07, 6.45) is 7.37. The van der Waals surface area contributed by atoms with Crippen LogP contribution in [0.3, 0.4) is 0 Å². The van der Waals surface area contributed by atoms with Crippen LogP contribution in [0.4, 0.5) is 17.5 Å². The second kappa shape index (κ2) is 8.25. The summed E-state index contributed by atoms with van der Waals surface area (Å²) in [6.45, 7) is 8.53. The fraction of sp³-hybridized carbons (Fsp3) is 0.467. The number of benzene rings is 2. The Morgan fingerprint density at radius 1 is 0.686 bits per heavy atom. The van der Waals surface area contributed by atoms with E-state index in [0.29, 0.717) is 0 Å². The minimum absolute atomic E-state index is 0.201. The number of aryl methyl sites for hydroxylation is 1. The van der Waals surface area contributed by atoms with Gasteiger partial charge in [-0.2, -0.15) is 4.98 Å². The fourth-order valence-corrected chi connectivity index (χ4v) is 6.20. The average molecular weight is 466 g/mol. The molecule has 3 aliphatic heterocycles. The smallest absolute Gasteiger partial charge is 0.227 e. The summed E-state index contributed by atoms with van der Waals surface area (Å²) in [5.74, 6) is 2.15. The van der Waals surface area contributed by atoms with Gasteiger partial charge < -0.3 is 14.7 Å². The van der Waals surface area contributed by atoms with E-state index in [0.717, 1.165) is 51.6 Å². The summed E-state index contributed by atoms with van der Waals surface area (Å²) < 4.78 is 0. The molecule has 0 bridgehead atoms. The van der Waals surface area contributed by atoms with Gasteiger partial charge in [0.15, 0.2) is 0 Å². The van der Waals surface area contributed by atoms with Crippen molar-refractivity contribution in [2.24, 2.45) is 0 Å². The van der Waals surface area contributed by atoms with Gasteiger partial charge in [0.2, 0.25) is 5.95 Å². The Hall–Kier alpha value is -3.08. The first kappa shape index (κ1) is 21.2. The number of rotatable bonds is 5. The Bertz CT molecular complexity index is 1220. The highest BCUT2D eigenvalue weighted by Gasteiger charge is 2.40. The fourth-order valence-electron chi connectivity index (χ4n) is 6.20. The molecule has 5 nitrogen and oxygen atoms in total. The van der Waals surface area contributed by atoms with Gasteiger partial charge in [0.05, 0.1) is 12.2 Å². The van der Waals surface area contributed by atoms with Crippen molar-refractivity contribution in [2.45, 2.75) is 57.4 Å². The molecular weight excluding hydrogens is 430 g/mol. The van der Waals surface area contributed by atoms with Crippen LogP contribution < -0.4 is 14.7 Å². The Balaban J connectivity index is 1.16. The van der Waals surface area contributed by atoms with Crippen molar-refractivity contribution in [1.29, 1.82) is 0 Å². The average Bonchev–Trinajstić information content (AvgIpc) is 2.77. The summed E-state index contributed by atoms with van der Waals surface area (Å²) in [5, 5.41) is 0. The highest BCUT2D eigenvalue weighted by atomic mass is 15.3. The largest absolute Gasteiger partial charge is 0.365 e. The van der Waals surface area contributed by atoms with Crippen LogP contribution in [0.25, 0.3) is 0 Å². The summed E-state index contributed by atoms with van der Waals surface area (Å²) in [5.41, 5.74) is 8.41. The van der Waals surface area contributed by atoms with Gasteiger partial charge in [-0.05, 0) is 62.3 Å². The number of anilines is 3. The molecule has 4 aliphatic rings. The van der Waals surface area contributed by atoms with Gasteiger partial charge in [-0.15, -0.1) is 0 Å². The second-order valence-electron chi connectivity index (χ2n) is 11.0. The number of aromatic nitrogens is 2. The molecule has 0 unspecified atom stereocenters. The molecule has 0 spiro atoms. The lowest BCUT2D eigenvalue weighted by Gasteiger charge is -2.43. The monoisotopic (exact) mass is 465 g/mol. The molecule has 5 heteroatoms. The van der Waals surface area contributed by atoms with E-state index in [1.807, 2.05) is 0 Å². The van der Waals surface area contributed by atoms with Crippen molar-refractivity contribution in [3.63, 3.8) is 0 Å². The molecule has 180 valence electrons. The number of nitrogens with zero attached hydrogens (tertiary/aromatic N) is 5. The molecule has 1 saturated carbocycles. The first-order chi connectivity index (χ1) is 17.2. The Morgan fingerprint density at radius 2 is 1.34 bits per heavy atom. The zero-order valence-corrected chi connectivity index (χ0v) is 20.8. The van der Waals surface area contributed by atoms with Crippen molar-refractivity contribution < 1.29 is 0 Å². The third-order valence-corrected chi connectivity index (χ3v) is 8.92. The molecule has 0 radical (unpaired) electrons. The molecular formula is C30H35N5. The summed E-state index contributed by atoms with van der Waals surface area (Å²) in [7, 11) is 0. The second-order valence-corrected chi connectivity index (χ2v) is 11.0. The molecule has 1 aliphatic carbocycles. The topological polar surface area (TPSA) is 35.5 Å². The van der Waals surface area contributed by atoms with Gasteiger partial charge in [-0.1, -0.05) is 48.4 Å². The van der Waals surface area contributed by atoms with Crippen LogP contribution in [0, 0.1) is 6.92 Å². The van der Waals surface area contributed by atoms with E-state index < -0.39 is 0 Å². The van der Waals surface area contributed by atoms with Crippen molar-refractivity contribution in [3.8, 4) is 0 Å².